The van der Waals surface area contributed by atoms with Gasteiger partial charge in [0, 0.05) is 17.7 Å². The predicted molar refractivity (Wildman–Crippen MR) is 68.5 cm³/mol. The highest BCUT2D eigenvalue weighted by Gasteiger charge is 2.20. The summed E-state index contributed by atoms with van der Waals surface area (Å²) in [5, 5.41) is 22.2. The molecule has 110 valence electrons. The SMILES string of the molecule is COC(=O)c1cc(-c2cc(C(=O)O)on2)c(OC)cc1O. The van der Waals surface area contributed by atoms with E-state index in [2.05, 4.69) is 14.4 Å². The van der Waals surface area contributed by atoms with Crippen LogP contribution in [0.1, 0.15) is 20.9 Å². The molecule has 2 N–H and O–H groups in total. The molecular formula is C13H11NO7. The van der Waals surface area contributed by atoms with Crippen molar-refractivity contribution in [3.63, 3.8) is 0 Å². The normalized spacial score (nSPS) is 10.2. The lowest BCUT2D eigenvalue weighted by Gasteiger charge is -2.09. The summed E-state index contributed by atoms with van der Waals surface area (Å²) in [5.74, 6) is -2.52. The van der Waals surface area contributed by atoms with Gasteiger partial charge in [-0.2, -0.15) is 0 Å². The number of aromatic hydroxyl groups is 1. The standard InChI is InChI=1S/C13H11NO7/c1-19-10-5-9(15)7(13(18)20-2)3-6(10)8-4-11(12(16)17)21-14-8/h3-5,15H,1-2H3,(H,16,17). The summed E-state index contributed by atoms with van der Waals surface area (Å²) in [4.78, 5) is 22.4. The largest absolute Gasteiger partial charge is 0.507 e. The molecule has 0 saturated heterocycles. The van der Waals surface area contributed by atoms with Crippen molar-refractivity contribution < 1.29 is 33.8 Å². The number of ether oxygens (including phenoxy) is 2. The summed E-state index contributed by atoms with van der Waals surface area (Å²) in [5.41, 5.74) is 0.328. The first-order valence-corrected chi connectivity index (χ1v) is 5.67. The molecule has 0 spiro atoms. The fourth-order valence-electron chi connectivity index (χ4n) is 1.71. The Morgan fingerprint density at radius 1 is 1.24 bits per heavy atom. The number of nitrogens with zero attached hydrogens (tertiary/aromatic N) is 1. The molecule has 0 atom stereocenters. The van der Waals surface area contributed by atoms with Gasteiger partial charge in [-0.1, -0.05) is 5.16 Å². The summed E-state index contributed by atoms with van der Waals surface area (Å²) in [6.07, 6.45) is 0. The van der Waals surface area contributed by atoms with Crippen molar-refractivity contribution in [2.45, 2.75) is 0 Å². The minimum atomic E-state index is -1.28. The monoisotopic (exact) mass is 293 g/mol. The quantitative estimate of drug-likeness (QED) is 0.815. The number of phenolic OH excluding ortho intramolecular Hbond substituents is 1. The number of rotatable bonds is 4. The van der Waals surface area contributed by atoms with Gasteiger partial charge in [-0.15, -0.1) is 0 Å². The molecule has 0 fully saturated rings. The number of hydrogen-bond acceptors (Lipinski definition) is 7. The van der Waals surface area contributed by atoms with Crippen LogP contribution in [0.5, 0.6) is 11.5 Å². The summed E-state index contributed by atoms with van der Waals surface area (Å²) in [6.45, 7) is 0. The van der Waals surface area contributed by atoms with Crippen LogP contribution in [0.15, 0.2) is 22.7 Å². The first-order valence-electron chi connectivity index (χ1n) is 5.67. The Morgan fingerprint density at radius 2 is 1.95 bits per heavy atom. The minimum absolute atomic E-state index is 0.104. The number of carbonyl (C=O) groups is 2. The molecule has 1 aromatic carbocycles. The number of carboxylic acids is 1. The summed E-state index contributed by atoms with van der Waals surface area (Å²) < 4.78 is 14.3. The first-order chi connectivity index (χ1) is 9.97. The van der Waals surface area contributed by atoms with Crippen molar-refractivity contribution in [1.29, 1.82) is 0 Å². The molecule has 8 heteroatoms. The van der Waals surface area contributed by atoms with E-state index in [0.29, 0.717) is 0 Å². The molecule has 0 bridgehead atoms. The van der Waals surface area contributed by atoms with Gasteiger partial charge in [0.05, 0.1) is 14.2 Å². The highest BCUT2D eigenvalue weighted by atomic mass is 16.5. The maximum Gasteiger partial charge on any atom is 0.374 e. The Morgan fingerprint density at radius 3 is 2.48 bits per heavy atom. The Balaban J connectivity index is 2.59. The molecule has 0 unspecified atom stereocenters. The Bertz CT molecular complexity index is 705. The van der Waals surface area contributed by atoms with E-state index in [1.54, 1.807) is 0 Å². The number of hydrogen-bond donors (Lipinski definition) is 2. The van der Waals surface area contributed by atoms with Crippen molar-refractivity contribution in [3.8, 4) is 22.8 Å². The van der Waals surface area contributed by atoms with Crippen LogP contribution in [0, 0.1) is 0 Å². The van der Waals surface area contributed by atoms with E-state index in [-0.39, 0.29) is 34.1 Å². The van der Waals surface area contributed by atoms with Crippen LogP contribution in [0.3, 0.4) is 0 Å². The third kappa shape index (κ3) is 2.64. The molecule has 2 rings (SSSR count). The van der Waals surface area contributed by atoms with Crippen LogP contribution in [0.4, 0.5) is 0 Å². The van der Waals surface area contributed by atoms with Crippen LogP contribution in [0.25, 0.3) is 11.3 Å². The fraction of sp³-hybridized carbons (Fsp3) is 0.154. The molecule has 1 heterocycles. The Hall–Kier alpha value is -3.03. The number of aromatic carboxylic acids is 1. The number of aromatic nitrogens is 1. The summed E-state index contributed by atoms with van der Waals surface area (Å²) >= 11 is 0. The molecule has 1 aromatic heterocycles. The molecule has 8 nitrogen and oxygen atoms in total. The van der Waals surface area contributed by atoms with Gasteiger partial charge < -0.3 is 24.2 Å². The van der Waals surface area contributed by atoms with Crippen LogP contribution >= 0.6 is 0 Å². The number of carbonyl (C=O) groups excluding carboxylic acids is 1. The number of carboxylic acid groups (broad SMARTS) is 1. The fourth-order valence-corrected chi connectivity index (χ4v) is 1.71. The van der Waals surface area contributed by atoms with E-state index < -0.39 is 11.9 Å². The van der Waals surface area contributed by atoms with Crippen molar-refractivity contribution in [2.75, 3.05) is 14.2 Å². The van der Waals surface area contributed by atoms with Crippen molar-refractivity contribution in [2.24, 2.45) is 0 Å². The van der Waals surface area contributed by atoms with Crippen molar-refractivity contribution in [1.82, 2.24) is 5.16 Å². The molecule has 0 aliphatic heterocycles. The third-order valence-electron chi connectivity index (χ3n) is 2.72. The molecular weight excluding hydrogens is 282 g/mol. The maximum absolute atomic E-state index is 11.6. The zero-order chi connectivity index (χ0) is 15.6. The second-order valence-corrected chi connectivity index (χ2v) is 3.94. The summed E-state index contributed by atoms with van der Waals surface area (Å²) in [7, 11) is 2.53. The van der Waals surface area contributed by atoms with Crippen LogP contribution in [-0.2, 0) is 4.74 Å². The van der Waals surface area contributed by atoms with Crippen LogP contribution < -0.4 is 4.74 Å². The van der Waals surface area contributed by atoms with Gasteiger partial charge in [0.25, 0.3) is 0 Å². The molecule has 0 saturated carbocycles. The van der Waals surface area contributed by atoms with Gasteiger partial charge in [0.1, 0.15) is 22.8 Å². The maximum atomic E-state index is 11.6. The zero-order valence-corrected chi connectivity index (χ0v) is 11.1. The van der Waals surface area contributed by atoms with Crippen LogP contribution in [0.2, 0.25) is 0 Å². The first kappa shape index (κ1) is 14.4. The zero-order valence-electron chi connectivity index (χ0n) is 11.1. The molecule has 0 aliphatic rings. The number of methoxy groups -OCH3 is 2. The van der Waals surface area contributed by atoms with E-state index in [4.69, 9.17) is 9.84 Å². The lowest BCUT2D eigenvalue weighted by molar-refractivity contribution is 0.0596. The molecule has 21 heavy (non-hydrogen) atoms. The van der Waals surface area contributed by atoms with Gasteiger partial charge in [-0.05, 0) is 6.07 Å². The molecule has 0 aliphatic carbocycles. The van der Waals surface area contributed by atoms with Crippen molar-refractivity contribution >= 4 is 11.9 Å². The number of esters is 1. The second-order valence-electron chi connectivity index (χ2n) is 3.94. The lowest BCUT2D eigenvalue weighted by Crippen LogP contribution is -2.03. The topological polar surface area (TPSA) is 119 Å². The number of benzene rings is 1. The Labute approximate surface area is 118 Å². The van der Waals surface area contributed by atoms with Gasteiger partial charge in [-0.3, -0.25) is 0 Å². The second kappa shape index (κ2) is 5.53. The lowest BCUT2D eigenvalue weighted by atomic mass is 10.1. The Kier molecular flexibility index (Phi) is 3.79. The van der Waals surface area contributed by atoms with Crippen LogP contribution in [-0.4, -0.2) is 41.5 Å². The van der Waals surface area contributed by atoms with E-state index in [1.165, 1.54) is 32.4 Å². The number of phenols is 1. The third-order valence-corrected chi connectivity index (χ3v) is 2.72. The summed E-state index contributed by atoms with van der Waals surface area (Å²) in [6, 6.07) is 3.67. The molecule has 2 aromatic rings. The highest BCUT2D eigenvalue weighted by Crippen LogP contribution is 2.35. The predicted octanol–water partition coefficient (Wildman–Crippen LogP) is 1.54. The van der Waals surface area contributed by atoms with Gasteiger partial charge in [0.2, 0.25) is 5.76 Å². The van der Waals surface area contributed by atoms with E-state index in [1.807, 2.05) is 0 Å². The molecule has 0 amide bonds. The molecule has 0 radical (unpaired) electrons. The highest BCUT2D eigenvalue weighted by molar-refractivity contribution is 5.95. The van der Waals surface area contributed by atoms with E-state index in [0.717, 1.165) is 0 Å². The smallest absolute Gasteiger partial charge is 0.374 e. The average Bonchev–Trinajstić information content (AvgIpc) is 2.95. The van der Waals surface area contributed by atoms with E-state index >= 15 is 0 Å². The van der Waals surface area contributed by atoms with Gasteiger partial charge in [0.15, 0.2) is 0 Å². The minimum Gasteiger partial charge on any atom is -0.507 e. The van der Waals surface area contributed by atoms with Gasteiger partial charge >= 0.3 is 11.9 Å². The van der Waals surface area contributed by atoms with Gasteiger partial charge in [-0.25, -0.2) is 9.59 Å². The average molecular weight is 293 g/mol. The van der Waals surface area contributed by atoms with Crippen molar-refractivity contribution in [3.05, 3.63) is 29.5 Å². The van der Waals surface area contributed by atoms with E-state index in [9.17, 15) is 14.7 Å².